The van der Waals surface area contributed by atoms with E-state index in [2.05, 4.69) is 10.4 Å². The first-order valence-corrected chi connectivity index (χ1v) is 9.14. The molecule has 4 rings (SSSR count). The highest BCUT2D eigenvalue weighted by atomic mass is 35.5. The molecule has 1 aliphatic rings. The van der Waals surface area contributed by atoms with Gasteiger partial charge in [0.2, 0.25) is 0 Å². The molecule has 2 heterocycles. The lowest BCUT2D eigenvalue weighted by Gasteiger charge is -2.15. The van der Waals surface area contributed by atoms with Gasteiger partial charge in [-0.3, -0.25) is 0 Å². The number of nitrogens with zero attached hydrogens (tertiary/aromatic N) is 3. The lowest BCUT2D eigenvalue weighted by atomic mass is 10.1. The average molecular weight is 407 g/mol. The predicted octanol–water partition coefficient (Wildman–Crippen LogP) is 5.25. The van der Waals surface area contributed by atoms with Gasteiger partial charge < -0.3 is 10.2 Å². The largest absolute Gasteiger partial charge is 0.418 e. The minimum absolute atomic E-state index is 0.0340. The SMILES string of the molecule is CN(C)c1cccc(-c2nn(-c3ccc(Cl)cc3C(F)(F)F)c3c2CCN3)c1. The fraction of sp³-hybridized carbons (Fsp3) is 0.250. The molecule has 146 valence electrons. The van der Waals surface area contributed by atoms with Crippen LogP contribution in [-0.4, -0.2) is 30.4 Å². The summed E-state index contributed by atoms with van der Waals surface area (Å²) in [5.74, 6) is 0.595. The van der Waals surface area contributed by atoms with E-state index in [1.165, 1.54) is 16.8 Å². The normalized spacial score (nSPS) is 13.4. The highest BCUT2D eigenvalue weighted by molar-refractivity contribution is 6.30. The van der Waals surface area contributed by atoms with Crippen molar-refractivity contribution in [3.05, 3.63) is 58.6 Å². The van der Waals surface area contributed by atoms with Crippen molar-refractivity contribution in [2.75, 3.05) is 30.9 Å². The van der Waals surface area contributed by atoms with E-state index in [1.54, 1.807) is 0 Å². The van der Waals surface area contributed by atoms with Crippen molar-refractivity contribution in [2.45, 2.75) is 12.6 Å². The molecule has 1 N–H and O–H groups in total. The number of fused-ring (bicyclic) bond motifs is 1. The maximum atomic E-state index is 13.6. The summed E-state index contributed by atoms with van der Waals surface area (Å²) in [6.45, 7) is 0.655. The van der Waals surface area contributed by atoms with Crippen molar-refractivity contribution in [1.29, 1.82) is 0 Å². The van der Waals surface area contributed by atoms with Crippen LogP contribution in [0.4, 0.5) is 24.7 Å². The minimum Gasteiger partial charge on any atom is -0.378 e. The van der Waals surface area contributed by atoms with Crippen LogP contribution in [0, 0.1) is 0 Å². The van der Waals surface area contributed by atoms with Crippen molar-refractivity contribution in [3.63, 3.8) is 0 Å². The number of hydrogen-bond donors (Lipinski definition) is 1. The molecule has 3 aromatic rings. The highest BCUT2D eigenvalue weighted by Crippen LogP contribution is 2.40. The lowest BCUT2D eigenvalue weighted by molar-refractivity contribution is -0.137. The summed E-state index contributed by atoms with van der Waals surface area (Å²) in [7, 11) is 3.88. The first kappa shape index (κ1) is 18.7. The third kappa shape index (κ3) is 3.20. The van der Waals surface area contributed by atoms with Crippen molar-refractivity contribution in [3.8, 4) is 16.9 Å². The fourth-order valence-corrected chi connectivity index (χ4v) is 3.60. The van der Waals surface area contributed by atoms with Crippen LogP contribution in [0.25, 0.3) is 16.9 Å². The molecule has 0 bridgehead atoms. The number of hydrogen-bond acceptors (Lipinski definition) is 3. The number of nitrogens with one attached hydrogen (secondary N) is 1. The molecule has 0 saturated carbocycles. The van der Waals surface area contributed by atoms with Crippen LogP contribution < -0.4 is 10.2 Å². The van der Waals surface area contributed by atoms with Crippen molar-refractivity contribution >= 4 is 23.1 Å². The smallest absolute Gasteiger partial charge is 0.378 e. The second kappa shape index (κ2) is 6.74. The van der Waals surface area contributed by atoms with Crippen LogP contribution >= 0.6 is 11.6 Å². The molecule has 8 heteroatoms. The Hall–Kier alpha value is -2.67. The van der Waals surface area contributed by atoms with Gasteiger partial charge in [0.1, 0.15) is 5.82 Å². The van der Waals surface area contributed by atoms with E-state index in [-0.39, 0.29) is 10.7 Å². The zero-order valence-electron chi connectivity index (χ0n) is 15.3. The summed E-state index contributed by atoms with van der Waals surface area (Å²) < 4.78 is 42.2. The van der Waals surface area contributed by atoms with Crippen LogP contribution in [0.2, 0.25) is 5.02 Å². The number of alkyl halides is 3. The zero-order chi connectivity index (χ0) is 20.1. The molecule has 0 saturated heterocycles. The molecule has 0 radical (unpaired) electrons. The molecule has 0 spiro atoms. The van der Waals surface area contributed by atoms with Crippen molar-refractivity contribution < 1.29 is 13.2 Å². The van der Waals surface area contributed by atoms with Gasteiger partial charge in [-0.2, -0.15) is 18.3 Å². The van der Waals surface area contributed by atoms with Crippen molar-refractivity contribution in [1.82, 2.24) is 9.78 Å². The molecular formula is C20H18ClF3N4. The summed E-state index contributed by atoms with van der Waals surface area (Å²) in [5.41, 5.74) is 2.61. The zero-order valence-corrected chi connectivity index (χ0v) is 16.1. The number of benzene rings is 2. The van der Waals surface area contributed by atoms with E-state index in [1.807, 2.05) is 43.3 Å². The van der Waals surface area contributed by atoms with Gasteiger partial charge in [0.25, 0.3) is 0 Å². The topological polar surface area (TPSA) is 33.1 Å². The van der Waals surface area contributed by atoms with Gasteiger partial charge in [-0.15, -0.1) is 0 Å². The Balaban J connectivity index is 1.91. The van der Waals surface area contributed by atoms with Crippen LogP contribution in [0.1, 0.15) is 11.1 Å². The van der Waals surface area contributed by atoms with Gasteiger partial charge in [-0.05, 0) is 36.8 Å². The number of halogens is 4. The quantitative estimate of drug-likeness (QED) is 0.645. The van der Waals surface area contributed by atoms with E-state index in [0.29, 0.717) is 24.5 Å². The van der Waals surface area contributed by atoms with Gasteiger partial charge >= 0.3 is 6.18 Å². The minimum atomic E-state index is -4.54. The lowest BCUT2D eigenvalue weighted by Crippen LogP contribution is -2.13. The summed E-state index contributed by atoms with van der Waals surface area (Å²) in [6, 6.07) is 11.5. The van der Waals surface area contributed by atoms with Gasteiger partial charge in [-0.25, -0.2) is 4.68 Å². The molecule has 0 unspecified atom stereocenters. The molecule has 0 aliphatic carbocycles. The van der Waals surface area contributed by atoms with Crippen LogP contribution in [0.5, 0.6) is 0 Å². The molecule has 1 aliphatic heterocycles. The van der Waals surface area contributed by atoms with E-state index in [4.69, 9.17) is 11.6 Å². The number of rotatable bonds is 3. The maximum absolute atomic E-state index is 13.6. The summed E-state index contributed by atoms with van der Waals surface area (Å²) >= 11 is 5.83. The third-order valence-electron chi connectivity index (χ3n) is 4.78. The van der Waals surface area contributed by atoms with Gasteiger partial charge in [0.05, 0.1) is 16.9 Å². The number of anilines is 2. The highest BCUT2D eigenvalue weighted by Gasteiger charge is 2.36. The van der Waals surface area contributed by atoms with Crippen LogP contribution in [0.3, 0.4) is 0 Å². The van der Waals surface area contributed by atoms with Gasteiger partial charge in [0.15, 0.2) is 0 Å². The first-order valence-electron chi connectivity index (χ1n) is 8.76. The molecular weight excluding hydrogens is 389 g/mol. The summed E-state index contributed by atoms with van der Waals surface area (Å²) in [5, 5.41) is 7.78. The maximum Gasteiger partial charge on any atom is 0.418 e. The van der Waals surface area contributed by atoms with Crippen molar-refractivity contribution in [2.24, 2.45) is 0 Å². The fourth-order valence-electron chi connectivity index (χ4n) is 3.43. The average Bonchev–Trinajstić information content (AvgIpc) is 3.24. The monoisotopic (exact) mass is 406 g/mol. The molecule has 0 amide bonds. The van der Waals surface area contributed by atoms with Crippen LogP contribution in [-0.2, 0) is 12.6 Å². The third-order valence-corrected chi connectivity index (χ3v) is 5.01. The Morgan fingerprint density at radius 1 is 1.14 bits per heavy atom. The predicted molar refractivity (Wildman–Crippen MR) is 106 cm³/mol. The molecule has 0 atom stereocenters. The Morgan fingerprint density at radius 3 is 2.64 bits per heavy atom. The molecule has 28 heavy (non-hydrogen) atoms. The van der Waals surface area contributed by atoms with E-state index < -0.39 is 11.7 Å². The molecule has 0 fully saturated rings. The number of aromatic nitrogens is 2. The molecule has 4 nitrogen and oxygen atoms in total. The second-order valence-corrected chi connectivity index (χ2v) is 7.30. The Labute approximate surface area is 165 Å². The first-order chi connectivity index (χ1) is 13.3. The standard InChI is InChI=1S/C20H18ClF3N4/c1-27(2)14-5-3-4-12(10-14)18-15-8-9-25-19(15)28(26-18)17-7-6-13(21)11-16(17)20(22,23)24/h3-7,10-11,25H,8-9H2,1-2H3. The second-order valence-electron chi connectivity index (χ2n) is 6.87. The van der Waals surface area contributed by atoms with E-state index in [0.717, 1.165) is 22.9 Å². The Morgan fingerprint density at radius 2 is 1.93 bits per heavy atom. The Kier molecular flexibility index (Phi) is 4.50. The summed E-state index contributed by atoms with van der Waals surface area (Å²) in [4.78, 5) is 1.97. The van der Waals surface area contributed by atoms with E-state index >= 15 is 0 Å². The van der Waals surface area contributed by atoms with E-state index in [9.17, 15) is 13.2 Å². The van der Waals surface area contributed by atoms with Gasteiger partial charge in [-0.1, -0.05) is 23.7 Å². The molecule has 1 aromatic heterocycles. The molecule has 2 aromatic carbocycles. The van der Waals surface area contributed by atoms with Gasteiger partial charge in [0, 0.05) is 42.5 Å². The Bertz CT molecular complexity index is 1040. The summed E-state index contributed by atoms with van der Waals surface area (Å²) in [6.07, 6.45) is -3.84. The van der Waals surface area contributed by atoms with Crippen LogP contribution in [0.15, 0.2) is 42.5 Å².